The van der Waals surface area contributed by atoms with Crippen LogP contribution in [0.3, 0.4) is 0 Å². The Bertz CT molecular complexity index is 1520. The van der Waals surface area contributed by atoms with Crippen molar-refractivity contribution >= 4 is 5.91 Å². The largest absolute Gasteiger partial charge is 0.487 e. The Morgan fingerprint density at radius 3 is 2.73 bits per heavy atom. The average molecular weight is 541 g/mol. The van der Waals surface area contributed by atoms with Crippen molar-refractivity contribution < 1.29 is 23.8 Å². The topological polar surface area (TPSA) is 103 Å². The summed E-state index contributed by atoms with van der Waals surface area (Å²) in [5.41, 5.74) is 3.10. The number of rotatable bonds is 8. The number of carbonyl (C=O) groups is 1. The van der Waals surface area contributed by atoms with Crippen LogP contribution in [0.25, 0.3) is 17.0 Å². The van der Waals surface area contributed by atoms with Crippen molar-refractivity contribution in [3.63, 3.8) is 0 Å². The molecule has 1 saturated heterocycles. The number of para-hydroxylation sites is 1. The first-order valence-electron chi connectivity index (χ1n) is 13.9. The number of benzene rings is 2. The van der Waals surface area contributed by atoms with Gasteiger partial charge in [0.25, 0.3) is 5.91 Å². The third-order valence-corrected chi connectivity index (χ3v) is 8.87. The first kappa shape index (κ1) is 25.0. The van der Waals surface area contributed by atoms with Gasteiger partial charge in [-0.2, -0.15) is 0 Å². The summed E-state index contributed by atoms with van der Waals surface area (Å²) < 4.78 is 19.4. The second-order valence-electron chi connectivity index (χ2n) is 11.2. The molecule has 6 atom stereocenters. The van der Waals surface area contributed by atoms with Crippen molar-refractivity contribution in [2.45, 2.75) is 44.6 Å². The first-order chi connectivity index (χ1) is 19.5. The lowest BCUT2D eigenvalue weighted by Crippen LogP contribution is -2.44. The molecule has 2 bridgehead atoms. The minimum atomic E-state index is -0.623. The van der Waals surface area contributed by atoms with Gasteiger partial charge in [-0.05, 0) is 80.0 Å². The number of aliphatic hydroxyl groups is 1. The van der Waals surface area contributed by atoms with Crippen molar-refractivity contribution in [2.24, 2.45) is 17.8 Å². The van der Waals surface area contributed by atoms with Crippen LogP contribution in [0.2, 0.25) is 0 Å². The van der Waals surface area contributed by atoms with Crippen LogP contribution in [0.1, 0.15) is 47.7 Å². The smallest absolute Gasteiger partial charge is 0.289 e. The Morgan fingerprint density at radius 1 is 1.10 bits per heavy atom. The molecular weight excluding hydrogens is 508 g/mol. The van der Waals surface area contributed by atoms with Gasteiger partial charge in [0.1, 0.15) is 23.8 Å². The van der Waals surface area contributed by atoms with Crippen molar-refractivity contribution in [2.75, 3.05) is 13.7 Å². The summed E-state index contributed by atoms with van der Waals surface area (Å²) in [7, 11) is 1.77. The summed E-state index contributed by atoms with van der Waals surface area (Å²) >= 11 is 0. The highest BCUT2D eigenvalue weighted by Crippen LogP contribution is 2.56. The summed E-state index contributed by atoms with van der Waals surface area (Å²) in [5.74, 6) is 3.33. The Morgan fingerprint density at radius 2 is 1.93 bits per heavy atom. The van der Waals surface area contributed by atoms with Crippen LogP contribution in [0, 0.1) is 17.8 Å². The maximum absolute atomic E-state index is 13.4. The summed E-state index contributed by atoms with van der Waals surface area (Å²) in [5, 5.41) is 18.4. The van der Waals surface area contributed by atoms with Crippen LogP contribution in [0.4, 0.5) is 0 Å². The fourth-order valence-electron chi connectivity index (χ4n) is 7.08. The van der Waals surface area contributed by atoms with Gasteiger partial charge in [-0.15, -0.1) is 5.10 Å². The molecule has 3 aliphatic rings. The number of hydrogen-bond donors (Lipinski definition) is 1. The molecule has 9 nitrogen and oxygen atoms in total. The summed E-state index contributed by atoms with van der Waals surface area (Å²) in [6.07, 6.45) is 3.66. The number of nitrogens with zero attached hydrogens (tertiary/aromatic N) is 4. The number of amides is 1. The Balaban J connectivity index is 1.02. The standard InChI is InChI=1S/C31H32N4O5/c1-18(36)24-5-3-4-6-27(24)39-17-22-16-35(33-32-22)23-9-7-19(8-10-23)26-11-12-28(40-26)31(37)34-15-21-13-20-14-25(21)29(34)30(20)38-2/h3-12,16,18,20-21,25,29-30,36H,13-15,17H2,1-2H3. The minimum Gasteiger partial charge on any atom is -0.487 e. The molecule has 0 radical (unpaired) electrons. The van der Waals surface area contributed by atoms with E-state index in [2.05, 4.69) is 10.3 Å². The van der Waals surface area contributed by atoms with Gasteiger partial charge in [0.05, 0.1) is 30.1 Å². The molecule has 206 valence electrons. The molecule has 40 heavy (non-hydrogen) atoms. The predicted molar refractivity (Wildman–Crippen MR) is 146 cm³/mol. The Hall–Kier alpha value is -3.95. The van der Waals surface area contributed by atoms with Crippen molar-refractivity contribution in [3.8, 4) is 22.8 Å². The molecule has 2 aliphatic carbocycles. The van der Waals surface area contributed by atoms with E-state index in [4.69, 9.17) is 13.9 Å². The van der Waals surface area contributed by atoms with Crippen LogP contribution in [0.5, 0.6) is 5.75 Å². The van der Waals surface area contributed by atoms with E-state index in [0.29, 0.717) is 40.7 Å². The zero-order chi connectivity index (χ0) is 27.4. The quantitative estimate of drug-likeness (QED) is 0.347. The third kappa shape index (κ3) is 4.20. The van der Waals surface area contributed by atoms with Crippen LogP contribution >= 0.6 is 0 Å². The van der Waals surface area contributed by atoms with Gasteiger partial charge in [0.15, 0.2) is 5.76 Å². The van der Waals surface area contributed by atoms with Gasteiger partial charge >= 0.3 is 0 Å². The maximum Gasteiger partial charge on any atom is 0.289 e. The van der Waals surface area contributed by atoms with Crippen molar-refractivity contribution in [1.82, 2.24) is 19.9 Å². The highest BCUT2D eigenvalue weighted by atomic mass is 16.5. The number of aromatic nitrogens is 3. The van der Waals surface area contributed by atoms with Crippen molar-refractivity contribution in [1.29, 1.82) is 0 Å². The van der Waals surface area contributed by atoms with E-state index < -0.39 is 6.10 Å². The summed E-state index contributed by atoms with van der Waals surface area (Å²) in [6, 6.07) is 19.0. The fourth-order valence-corrected chi connectivity index (χ4v) is 7.08. The normalized spacial score (nSPS) is 25.5. The number of carbonyl (C=O) groups excluding carboxylic acids is 1. The van der Waals surface area contributed by atoms with E-state index in [1.165, 1.54) is 6.42 Å². The molecule has 4 aromatic rings. The molecular formula is C31H32N4O5. The van der Waals surface area contributed by atoms with Gasteiger partial charge in [0, 0.05) is 24.8 Å². The van der Waals surface area contributed by atoms with Gasteiger partial charge < -0.3 is 23.9 Å². The number of furan rings is 1. The van der Waals surface area contributed by atoms with Gasteiger partial charge in [-0.3, -0.25) is 4.79 Å². The lowest BCUT2D eigenvalue weighted by molar-refractivity contribution is 0.0103. The van der Waals surface area contributed by atoms with Gasteiger partial charge in [0.2, 0.25) is 0 Å². The molecule has 7 rings (SSSR count). The maximum atomic E-state index is 13.4. The monoisotopic (exact) mass is 540 g/mol. The molecule has 9 heteroatoms. The second kappa shape index (κ2) is 9.91. The molecule has 6 unspecified atom stereocenters. The third-order valence-electron chi connectivity index (χ3n) is 8.87. The van der Waals surface area contributed by atoms with Crippen LogP contribution in [-0.2, 0) is 11.3 Å². The molecule has 2 aromatic carbocycles. The van der Waals surface area contributed by atoms with E-state index in [0.717, 1.165) is 29.8 Å². The molecule has 1 aliphatic heterocycles. The van der Waals surface area contributed by atoms with E-state index in [1.807, 2.05) is 65.7 Å². The number of hydrogen-bond acceptors (Lipinski definition) is 7. The zero-order valence-electron chi connectivity index (χ0n) is 22.5. The number of methoxy groups -OCH3 is 1. The average Bonchev–Trinajstić information content (AvgIpc) is 3.79. The highest BCUT2D eigenvalue weighted by Gasteiger charge is 2.60. The van der Waals surface area contributed by atoms with E-state index in [-0.39, 0.29) is 24.7 Å². The molecule has 1 N–H and O–H groups in total. The lowest BCUT2D eigenvalue weighted by atomic mass is 9.88. The number of ether oxygens (including phenoxy) is 2. The van der Waals surface area contributed by atoms with E-state index in [9.17, 15) is 9.90 Å². The number of likely N-dealkylation sites (tertiary alicyclic amines) is 1. The first-order valence-corrected chi connectivity index (χ1v) is 13.9. The van der Waals surface area contributed by atoms with Crippen LogP contribution in [-0.4, -0.2) is 56.7 Å². The predicted octanol–water partition coefficient (Wildman–Crippen LogP) is 4.66. The molecule has 0 spiro atoms. The number of aliphatic hydroxyl groups excluding tert-OH is 1. The van der Waals surface area contributed by atoms with E-state index in [1.54, 1.807) is 24.8 Å². The SMILES string of the molecule is COC1C2CC3CN(C(=O)c4ccc(-c5ccc(-n6cc(COc7ccccc7C(C)O)nn6)cc5)o4)C1C3C2. The lowest BCUT2D eigenvalue weighted by Gasteiger charge is -2.30. The summed E-state index contributed by atoms with van der Waals surface area (Å²) in [6.45, 7) is 2.74. The highest BCUT2D eigenvalue weighted by molar-refractivity contribution is 5.92. The number of fused-ring (bicyclic) bond motifs is 1. The Labute approximate surface area is 232 Å². The van der Waals surface area contributed by atoms with Crippen LogP contribution < -0.4 is 4.74 Å². The fraction of sp³-hybridized carbons (Fsp3) is 0.387. The van der Waals surface area contributed by atoms with Gasteiger partial charge in [-0.1, -0.05) is 23.4 Å². The van der Waals surface area contributed by atoms with E-state index >= 15 is 0 Å². The Kier molecular flexibility index (Phi) is 6.20. The zero-order valence-corrected chi connectivity index (χ0v) is 22.5. The van der Waals surface area contributed by atoms with Crippen molar-refractivity contribution in [3.05, 3.63) is 83.9 Å². The molecule has 3 heterocycles. The second-order valence-corrected chi connectivity index (χ2v) is 11.2. The molecule has 3 fully saturated rings. The minimum absolute atomic E-state index is 0.0431. The van der Waals surface area contributed by atoms with Gasteiger partial charge in [-0.25, -0.2) is 4.68 Å². The van der Waals surface area contributed by atoms with Crippen LogP contribution in [0.15, 0.2) is 71.3 Å². The molecule has 2 aromatic heterocycles. The molecule has 1 amide bonds. The molecule has 2 saturated carbocycles. The summed E-state index contributed by atoms with van der Waals surface area (Å²) in [4.78, 5) is 15.4.